The third-order valence-corrected chi connectivity index (χ3v) is 15.9. The molecular weight excluding hydrogens is 743 g/mol. The van der Waals surface area contributed by atoms with Gasteiger partial charge in [-0.15, -0.1) is 0 Å². The molecule has 288 valence electrons. The summed E-state index contributed by atoms with van der Waals surface area (Å²) in [5.41, 5.74) is 17.0. The molecule has 0 N–H and O–H groups in total. The van der Waals surface area contributed by atoms with Crippen molar-refractivity contribution >= 4 is 37.4 Å². The molecule has 0 aliphatic heterocycles. The van der Waals surface area contributed by atoms with Crippen molar-refractivity contribution in [2.75, 3.05) is 0 Å². The van der Waals surface area contributed by atoms with Crippen molar-refractivity contribution in [2.45, 2.75) is 39.3 Å². The normalized spacial score (nSPS) is 11.9. The van der Waals surface area contributed by atoms with Crippen LogP contribution in [0, 0.1) is 0 Å². The molecule has 0 unspecified atom stereocenters. The first-order chi connectivity index (χ1) is 28.5. The maximum Gasteiger partial charge on any atom is 0.0775 e. The van der Waals surface area contributed by atoms with Crippen LogP contribution in [0.2, 0.25) is 39.3 Å². The second kappa shape index (κ2) is 15.5. The van der Waals surface area contributed by atoms with Crippen LogP contribution in [0.1, 0.15) is 0 Å². The van der Waals surface area contributed by atoms with Crippen LogP contribution in [-0.2, 0) is 0 Å². The predicted octanol–water partition coefficient (Wildman–Crippen LogP) is 14.7. The Hall–Kier alpha value is -6.27. The highest BCUT2D eigenvalue weighted by molar-refractivity contribution is 6.89. The van der Waals surface area contributed by atoms with E-state index in [0.717, 1.165) is 5.69 Å². The fraction of sp³-hybridized carbons (Fsp3) is 0.107. The van der Waals surface area contributed by atoms with Crippen LogP contribution in [0.25, 0.3) is 83.4 Å². The highest BCUT2D eigenvalue weighted by Gasteiger charge is 2.19. The fourth-order valence-electron chi connectivity index (χ4n) is 8.22. The second-order valence-corrected chi connectivity index (χ2v) is 28.1. The molecule has 0 atom stereocenters. The summed E-state index contributed by atoms with van der Waals surface area (Å²) in [6, 6.07) is 72.2. The van der Waals surface area contributed by atoms with Gasteiger partial charge in [0.1, 0.15) is 0 Å². The average molecular weight is 794 g/mol. The largest absolute Gasteiger partial charge is 0.316 e. The molecule has 0 fully saturated rings. The highest BCUT2D eigenvalue weighted by Crippen LogP contribution is 2.39. The van der Waals surface area contributed by atoms with E-state index in [1.165, 1.54) is 88.0 Å². The number of benzene rings is 8. The Kier molecular flexibility index (Phi) is 10.0. The topological polar surface area (TPSA) is 4.93 Å². The quantitative estimate of drug-likeness (QED) is 0.128. The Morgan fingerprint density at radius 1 is 0.305 bits per heavy atom. The zero-order chi connectivity index (χ0) is 40.7. The Morgan fingerprint density at radius 3 is 1.10 bits per heavy atom. The predicted molar refractivity (Wildman–Crippen MR) is 262 cm³/mol. The molecule has 0 aliphatic rings. The van der Waals surface area contributed by atoms with Crippen LogP contribution >= 0.6 is 0 Å². The molecular formula is C56H51NSi2. The van der Waals surface area contributed by atoms with Crippen molar-refractivity contribution in [3.63, 3.8) is 0 Å². The van der Waals surface area contributed by atoms with E-state index in [-0.39, 0.29) is 0 Å². The van der Waals surface area contributed by atoms with Crippen molar-refractivity contribution in [1.29, 1.82) is 0 Å². The van der Waals surface area contributed by atoms with Crippen LogP contribution in [0.15, 0.2) is 200 Å². The first-order valence-electron chi connectivity index (χ1n) is 20.8. The molecule has 0 amide bonds. The van der Waals surface area contributed by atoms with Gasteiger partial charge in [-0.25, -0.2) is 0 Å². The molecule has 0 radical (unpaired) electrons. The third-order valence-electron chi connectivity index (χ3n) is 11.8. The summed E-state index contributed by atoms with van der Waals surface area (Å²) in [4.78, 5) is 0. The molecule has 9 rings (SSSR count). The summed E-state index contributed by atoms with van der Waals surface area (Å²) in [7, 11) is -2.87. The number of hydrogen-bond donors (Lipinski definition) is 0. The first kappa shape index (κ1) is 38.3. The maximum absolute atomic E-state index is 2.42. The first-order valence-corrected chi connectivity index (χ1v) is 27.8. The van der Waals surface area contributed by atoms with E-state index in [9.17, 15) is 0 Å². The van der Waals surface area contributed by atoms with Crippen LogP contribution in [0.4, 0.5) is 0 Å². The molecule has 59 heavy (non-hydrogen) atoms. The molecule has 1 nitrogen and oxygen atoms in total. The summed E-state index contributed by atoms with van der Waals surface area (Å²) >= 11 is 0. The van der Waals surface area contributed by atoms with E-state index in [0.29, 0.717) is 0 Å². The van der Waals surface area contributed by atoms with E-state index < -0.39 is 16.1 Å². The van der Waals surface area contributed by atoms with E-state index in [1.54, 1.807) is 0 Å². The Balaban J connectivity index is 1.21. The van der Waals surface area contributed by atoms with Gasteiger partial charge < -0.3 is 4.57 Å². The SMILES string of the molecule is C[Si](C)(C)c1ccc(-c2cc(-c3ccc([Si](C)(C)C)cc3)cc(-n3cc(-c4ccc(-c5ccccc5)cc4)c4cc(-c5ccc(-c6ccccc6)cc5)ccc43)c2)cc1. The lowest BCUT2D eigenvalue weighted by Crippen LogP contribution is -2.37. The van der Waals surface area contributed by atoms with E-state index in [1.807, 2.05) is 0 Å². The summed E-state index contributed by atoms with van der Waals surface area (Å²) < 4.78 is 2.41. The van der Waals surface area contributed by atoms with Gasteiger partial charge in [0.25, 0.3) is 0 Å². The number of aromatic nitrogens is 1. The second-order valence-electron chi connectivity index (χ2n) is 18.0. The smallest absolute Gasteiger partial charge is 0.0775 e. The average Bonchev–Trinajstić information content (AvgIpc) is 3.65. The van der Waals surface area contributed by atoms with Gasteiger partial charge in [0.2, 0.25) is 0 Å². The molecule has 0 bridgehead atoms. The summed E-state index contributed by atoms with van der Waals surface area (Å²) in [6.07, 6.45) is 2.36. The van der Waals surface area contributed by atoms with Crippen molar-refractivity contribution in [3.8, 4) is 72.4 Å². The van der Waals surface area contributed by atoms with Gasteiger partial charge in [0.15, 0.2) is 0 Å². The lowest BCUT2D eigenvalue weighted by atomic mass is 9.97. The fourth-order valence-corrected chi connectivity index (χ4v) is 10.6. The van der Waals surface area contributed by atoms with Gasteiger partial charge in [-0.1, -0.05) is 213 Å². The van der Waals surface area contributed by atoms with E-state index in [2.05, 4.69) is 244 Å². The van der Waals surface area contributed by atoms with Gasteiger partial charge in [-0.05, 0) is 91.5 Å². The lowest BCUT2D eigenvalue weighted by molar-refractivity contribution is 1.13. The number of fused-ring (bicyclic) bond motifs is 1. The standard InChI is InChI=1S/C56H51NSi2/c1-58(2,3)52-30-25-45(26-31-52)49-35-50(46-27-32-53(33-28-46)59(4,5)6)37-51(36-49)57-39-55(47-23-21-43(22-24-47)41-15-11-8-12-16-41)54-38-48(29-34-56(54)57)44-19-17-42(18-20-44)40-13-9-7-10-14-40/h7-39H,1-6H3. The lowest BCUT2D eigenvalue weighted by Gasteiger charge is -2.18. The van der Waals surface area contributed by atoms with Gasteiger partial charge in [0.05, 0.1) is 21.7 Å². The van der Waals surface area contributed by atoms with E-state index >= 15 is 0 Å². The van der Waals surface area contributed by atoms with Gasteiger partial charge >= 0.3 is 0 Å². The van der Waals surface area contributed by atoms with E-state index in [4.69, 9.17) is 0 Å². The van der Waals surface area contributed by atoms with Gasteiger partial charge in [-0.3, -0.25) is 0 Å². The number of nitrogens with zero attached hydrogens (tertiary/aromatic N) is 1. The molecule has 3 heteroatoms. The highest BCUT2D eigenvalue weighted by atomic mass is 28.3. The molecule has 0 spiro atoms. The van der Waals surface area contributed by atoms with Crippen LogP contribution < -0.4 is 10.4 Å². The molecule has 0 saturated heterocycles. The van der Waals surface area contributed by atoms with Gasteiger partial charge in [-0.2, -0.15) is 0 Å². The Labute approximate surface area is 352 Å². The Bertz CT molecular complexity index is 2800. The van der Waals surface area contributed by atoms with Crippen molar-refractivity contribution < 1.29 is 0 Å². The van der Waals surface area contributed by atoms with Crippen molar-refractivity contribution in [1.82, 2.24) is 4.57 Å². The number of hydrogen-bond acceptors (Lipinski definition) is 0. The van der Waals surface area contributed by atoms with Gasteiger partial charge in [0, 0.05) is 22.8 Å². The molecule has 1 heterocycles. The summed E-state index contributed by atoms with van der Waals surface area (Å²) in [6.45, 7) is 14.5. The summed E-state index contributed by atoms with van der Waals surface area (Å²) in [5, 5.41) is 4.18. The van der Waals surface area contributed by atoms with Crippen molar-refractivity contribution in [3.05, 3.63) is 200 Å². The molecule has 0 aliphatic carbocycles. The van der Waals surface area contributed by atoms with Crippen LogP contribution in [0.3, 0.4) is 0 Å². The zero-order valence-electron chi connectivity index (χ0n) is 35.0. The molecule has 1 aromatic heterocycles. The monoisotopic (exact) mass is 793 g/mol. The molecule has 0 saturated carbocycles. The Morgan fingerprint density at radius 2 is 0.661 bits per heavy atom. The minimum Gasteiger partial charge on any atom is -0.316 e. The minimum absolute atomic E-state index is 1.15. The van der Waals surface area contributed by atoms with Crippen LogP contribution in [0.5, 0.6) is 0 Å². The minimum atomic E-state index is -1.44. The number of rotatable bonds is 9. The molecule has 9 aromatic rings. The maximum atomic E-state index is 2.42. The third kappa shape index (κ3) is 7.97. The summed E-state index contributed by atoms with van der Waals surface area (Å²) in [5.74, 6) is 0. The van der Waals surface area contributed by atoms with Crippen LogP contribution in [-0.4, -0.2) is 20.7 Å². The molecule has 8 aromatic carbocycles. The van der Waals surface area contributed by atoms with Crippen molar-refractivity contribution in [2.24, 2.45) is 0 Å². The zero-order valence-corrected chi connectivity index (χ0v) is 37.0.